The maximum Gasteiger partial charge on any atom is 0.0239 e. The van der Waals surface area contributed by atoms with Crippen molar-refractivity contribution in [3.63, 3.8) is 0 Å². The van der Waals surface area contributed by atoms with E-state index in [1.165, 1.54) is 24.9 Å². The molecule has 0 unspecified atom stereocenters. The number of rotatable bonds is 5. The molecule has 0 N–H and O–H groups in total. The van der Waals surface area contributed by atoms with Crippen molar-refractivity contribution >= 4 is 9.52 Å². The van der Waals surface area contributed by atoms with Crippen molar-refractivity contribution in [2.24, 2.45) is 0 Å². The van der Waals surface area contributed by atoms with Crippen molar-refractivity contribution in [2.45, 2.75) is 31.9 Å². The van der Waals surface area contributed by atoms with Crippen molar-refractivity contribution in [3.05, 3.63) is 12.7 Å². The number of allylic oxidation sites excluding steroid dienone is 1. The number of unbranched alkanes of at least 4 members (excludes halogenated alkanes) is 1. The average Bonchev–Trinajstić information content (AvgIpc) is 1.81. The Kier molecular flexibility index (Phi) is 6.92. The van der Waals surface area contributed by atoms with Gasteiger partial charge in [0, 0.05) is 9.52 Å². The van der Waals surface area contributed by atoms with E-state index in [9.17, 15) is 0 Å². The fraction of sp³-hybridized carbons (Fsp3) is 0.714. The van der Waals surface area contributed by atoms with E-state index in [0.717, 1.165) is 0 Å². The van der Waals surface area contributed by atoms with Gasteiger partial charge in [-0.1, -0.05) is 31.9 Å². The van der Waals surface area contributed by atoms with E-state index < -0.39 is 0 Å². The first kappa shape index (κ1) is 7.96. The van der Waals surface area contributed by atoms with Gasteiger partial charge in [0.1, 0.15) is 0 Å². The number of hydrogen-bond donors (Lipinski definition) is 0. The molecule has 0 aromatic carbocycles. The molecular formula is C7H16Si. The van der Waals surface area contributed by atoms with Gasteiger partial charge in [0.2, 0.25) is 0 Å². The molecule has 1 heteroatoms. The zero-order valence-electron chi connectivity index (χ0n) is 5.82. The Labute approximate surface area is 54.8 Å². The molecule has 0 saturated heterocycles. The van der Waals surface area contributed by atoms with E-state index in [4.69, 9.17) is 0 Å². The molecule has 0 spiro atoms. The Bertz CT molecular complexity index is 50.3. The highest BCUT2D eigenvalue weighted by atomic mass is 28.2. The molecule has 0 aliphatic heterocycles. The van der Waals surface area contributed by atoms with Crippen LogP contribution in [0.25, 0.3) is 0 Å². The van der Waals surface area contributed by atoms with Crippen LogP contribution in [0, 0.1) is 0 Å². The molecule has 0 atom stereocenters. The van der Waals surface area contributed by atoms with E-state index in [0.29, 0.717) is 0 Å². The van der Waals surface area contributed by atoms with Crippen LogP contribution < -0.4 is 0 Å². The van der Waals surface area contributed by atoms with Gasteiger partial charge in [-0.25, -0.2) is 0 Å². The van der Waals surface area contributed by atoms with Gasteiger partial charge >= 0.3 is 0 Å². The minimum absolute atomic E-state index is 0.282. The summed E-state index contributed by atoms with van der Waals surface area (Å²) in [6.45, 7) is 5.95. The van der Waals surface area contributed by atoms with Crippen LogP contribution in [0.15, 0.2) is 12.7 Å². The van der Waals surface area contributed by atoms with Gasteiger partial charge in [-0.3, -0.25) is 0 Å². The highest BCUT2D eigenvalue weighted by molar-refractivity contribution is 6.35. The minimum Gasteiger partial charge on any atom is -0.103 e. The molecule has 48 valence electrons. The predicted molar refractivity (Wildman–Crippen MR) is 43.3 cm³/mol. The lowest BCUT2D eigenvalue weighted by Crippen LogP contribution is -1.84. The summed E-state index contributed by atoms with van der Waals surface area (Å²) in [5.74, 6) is 0. The first-order chi connectivity index (χ1) is 3.91. The lowest BCUT2D eigenvalue weighted by atomic mass is 10.4. The monoisotopic (exact) mass is 128 g/mol. The van der Waals surface area contributed by atoms with Crippen LogP contribution in [-0.2, 0) is 0 Å². The van der Waals surface area contributed by atoms with E-state index in [1.807, 2.05) is 0 Å². The second-order valence-corrected chi connectivity index (χ2v) is 4.13. The Morgan fingerprint density at radius 1 is 1.62 bits per heavy atom. The second kappa shape index (κ2) is 6.96. The second-order valence-electron chi connectivity index (χ2n) is 2.14. The van der Waals surface area contributed by atoms with Crippen LogP contribution in [0.2, 0.25) is 12.1 Å². The van der Waals surface area contributed by atoms with Crippen LogP contribution in [0.1, 0.15) is 19.8 Å². The summed E-state index contributed by atoms with van der Waals surface area (Å²) in [4.78, 5) is 0. The van der Waals surface area contributed by atoms with E-state index in [1.54, 1.807) is 0 Å². The van der Waals surface area contributed by atoms with Crippen molar-refractivity contribution < 1.29 is 0 Å². The Morgan fingerprint density at radius 2 is 2.38 bits per heavy atom. The zero-order chi connectivity index (χ0) is 6.24. The van der Waals surface area contributed by atoms with Gasteiger partial charge in [-0.05, 0) is 6.04 Å². The normalized spacial score (nSPS) is 10.6. The SMILES string of the molecule is C=CC[SiH2]CCCC. The molecule has 0 nitrogen and oxygen atoms in total. The van der Waals surface area contributed by atoms with Crippen LogP contribution in [-0.4, -0.2) is 9.52 Å². The summed E-state index contributed by atoms with van der Waals surface area (Å²) < 4.78 is 0. The molecule has 0 aromatic rings. The Balaban J connectivity index is 2.62. The number of hydrogen-bond acceptors (Lipinski definition) is 0. The van der Waals surface area contributed by atoms with E-state index >= 15 is 0 Å². The molecule has 0 rings (SSSR count). The van der Waals surface area contributed by atoms with Gasteiger partial charge in [0.25, 0.3) is 0 Å². The molecule has 0 heterocycles. The van der Waals surface area contributed by atoms with Gasteiger partial charge in [-0.2, -0.15) is 0 Å². The first-order valence-electron chi connectivity index (χ1n) is 3.52. The fourth-order valence-corrected chi connectivity index (χ4v) is 2.15. The quantitative estimate of drug-likeness (QED) is 0.302. The van der Waals surface area contributed by atoms with Gasteiger partial charge in [0.05, 0.1) is 0 Å². The zero-order valence-corrected chi connectivity index (χ0v) is 7.23. The molecule has 0 bridgehead atoms. The summed E-state index contributed by atoms with van der Waals surface area (Å²) in [5, 5.41) is 0. The topological polar surface area (TPSA) is 0 Å². The van der Waals surface area contributed by atoms with Crippen LogP contribution in [0.5, 0.6) is 0 Å². The fourth-order valence-electron chi connectivity index (χ4n) is 0.715. The molecule has 0 saturated carbocycles. The predicted octanol–water partition coefficient (Wildman–Crippen LogP) is 1.98. The highest BCUT2D eigenvalue weighted by Gasteiger charge is 1.82. The smallest absolute Gasteiger partial charge is 0.0239 e. The molecular weight excluding hydrogens is 112 g/mol. The van der Waals surface area contributed by atoms with Gasteiger partial charge in [0.15, 0.2) is 0 Å². The molecule has 0 amide bonds. The van der Waals surface area contributed by atoms with Crippen molar-refractivity contribution in [1.29, 1.82) is 0 Å². The standard InChI is InChI=1S/C7H16Si/c1-3-5-7-8-6-4-2/h4H,2-3,5-8H2,1H3. The summed E-state index contributed by atoms with van der Waals surface area (Å²) >= 11 is 0. The van der Waals surface area contributed by atoms with Crippen molar-refractivity contribution in [2.75, 3.05) is 0 Å². The lowest BCUT2D eigenvalue weighted by molar-refractivity contribution is 0.879. The van der Waals surface area contributed by atoms with Gasteiger partial charge < -0.3 is 0 Å². The van der Waals surface area contributed by atoms with Crippen LogP contribution >= 0.6 is 0 Å². The summed E-state index contributed by atoms with van der Waals surface area (Å²) in [5.41, 5.74) is 0. The maximum absolute atomic E-state index is 3.69. The van der Waals surface area contributed by atoms with E-state index in [-0.39, 0.29) is 9.52 Å². The lowest BCUT2D eigenvalue weighted by Gasteiger charge is -1.90. The average molecular weight is 128 g/mol. The van der Waals surface area contributed by atoms with Crippen molar-refractivity contribution in [1.82, 2.24) is 0 Å². The third-order valence-corrected chi connectivity index (χ3v) is 3.08. The molecule has 0 fully saturated rings. The molecule has 0 radical (unpaired) electrons. The van der Waals surface area contributed by atoms with Crippen LogP contribution in [0.3, 0.4) is 0 Å². The van der Waals surface area contributed by atoms with Gasteiger partial charge in [-0.15, -0.1) is 6.58 Å². The Morgan fingerprint density at radius 3 is 2.88 bits per heavy atom. The minimum atomic E-state index is 0.282. The summed E-state index contributed by atoms with van der Waals surface area (Å²) in [7, 11) is 0.282. The molecule has 8 heavy (non-hydrogen) atoms. The summed E-state index contributed by atoms with van der Waals surface area (Å²) in [6.07, 6.45) is 4.87. The van der Waals surface area contributed by atoms with Crippen LogP contribution in [0.4, 0.5) is 0 Å². The Hall–Kier alpha value is -0.0431. The molecule has 0 aliphatic rings. The first-order valence-corrected chi connectivity index (χ1v) is 5.52. The largest absolute Gasteiger partial charge is 0.103 e. The molecule has 0 aliphatic carbocycles. The maximum atomic E-state index is 3.69. The van der Waals surface area contributed by atoms with E-state index in [2.05, 4.69) is 19.6 Å². The third-order valence-electron chi connectivity index (χ3n) is 1.26. The summed E-state index contributed by atoms with van der Waals surface area (Å²) in [6, 6.07) is 2.85. The molecule has 0 aromatic heterocycles. The van der Waals surface area contributed by atoms with Crippen molar-refractivity contribution in [3.8, 4) is 0 Å². The third kappa shape index (κ3) is 5.96. The highest BCUT2D eigenvalue weighted by Crippen LogP contribution is 1.95.